The molecule has 0 unspecified atom stereocenters. The molecule has 3 rings (SSSR count). The van der Waals surface area contributed by atoms with E-state index in [9.17, 15) is 5.11 Å². The van der Waals surface area contributed by atoms with E-state index in [0.29, 0.717) is 11.0 Å². The fraction of sp³-hybridized carbons (Fsp3) is 0. The molecule has 2 aromatic carbocycles. The van der Waals surface area contributed by atoms with E-state index in [0.717, 1.165) is 11.3 Å². The number of aromatic nitrogens is 2. The quantitative estimate of drug-likeness (QED) is 0.688. The minimum Gasteiger partial charge on any atom is -0.506 e. The molecule has 1 aromatic heterocycles. The maximum atomic E-state index is 9.63. The lowest BCUT2D eigenvalue weighted by Crippen LogP contribution is -1.88. The van der Waals surface area contributed by atoms with E-state index in [1.807, 2.05) is 36.4 Å². The lowest BCUT2D eigenvalue weighted by Gasteiger charge is -2.03. The molecule has 0 bridgehead atoms. The molecule has 1 N–H and O–H groups in total. The van der Waals surface area contributed by atoms with Crippen molar-refractivity contribution >= 4 is 11.0 Å². The predicted octanol–water partition coefficient (Wildman–Crippen LogP) is 3.00. The van der Waals surface area contributed by atoms with Crippen molar-refractivity contribution in [2.75, 3.05) is 0 Å². The van der Waals surface area contributed by atoms with E-state index in [-0.39, 0.29) is 5.75 Å². The van der Waals surface area contributed by atoms with E-state index in [1.165, 1.54) is 0 Å². The summed E-state index contributed by atoms with van der Waals surface area (Å²) >= 11 is 0. The zero-order valence-electron chi connectivity index (χ0n) is 9.04. The molecule has 3 heteroatoms. The van der Waals surface area contributed by atoms with Crippen molar-refractivity contribution in [2.24, 2.45) is 0 Å². The second-order valence-corrected chi connectivity index (χ2v) is 3.77. The molecular weight excluding hydrogens is 212 g/mol. The third-order valence-electron chi connectivity index (χ3n) is 2.62. The van der Waals surface area contributed by atoms with Crippen molar-refractivity contribution in [3.05, 3.63) is 54.7 Å². The van der Waals surface area contributed by atoms with Crippen molar-refractivity contribution < 1.29 is 5.11 Å². The molecule has 3 nitrogen and oxygen atoms in total. The van der Waals surface area contributed by atoms with Crippen LogP contribution in [0.2, 0.25) is 0 Å². The van der Waals surface area contributed by atoms with Gasteiger partial charge < -0.3 is 5.11 Å². The number of rotatable bonds is 1. The summed E-state index contributed by atoms with van der Waals surface area (Å²) in [5.74, 6) is 0.162. The van der Waals surface area contributed by atoms with Gasteiger partial charge in [0.25, 0.3) is 0 Å². The first-order chi connectivity index (χ1) is 8.34. The Bertz CT molecular complexity index is 665. The van der Waals surface area contributed by atoms with Crippen LogP contribution < -0.4 is 0 Å². The molecule has 0 fully saturated rings. The zero-order valence-corrected chi connectivity index (χ0v) is 9.04. The highest BCUT2D eigenvalue weighted by molar-refractivity contribution is 5.82. The first-order valence-corrected chi connectivity index (χ1v) is 5.35. The zero-order chi connectivity index (χ0) is 11.7. The molecule has 0 amide bonds. The average molecular weight is 222 g/mol. The minimum absolute atomic E-state index is 0.162. The van der Waals surface area contributed by atoms with E-state index in [1.54, 1.807) is 18.3 Å². The van der Waals surface area contributed by atoms with Crippen LogP contribution in [0.25, 0.3) is 22.3 Å². The summed E-state index contributed by atoms with van der Waals surface area (Å²) in [5, 5.41) is 9.63. The van der Waals surface area contributed by atoms with E-state index >= 15 is 0 Å². The Kier molecular flexibility index (Phi) is 2.22. The van der Waals surface area contributed by atoms with Gasteiger partial charge in [0, 0.05) is 5.56 Å². The highest BCUT2D eigenvalue weighted by Crippen LogP contribution is 2.23. The van der Waals surface area contributed by atoms with Gasteiger partial charge in [-0.05, 0) is 12.1 Å². The van der Waals surface area contributed by atoms with Crippen LogP contribution in [0.4, 0.5) is 0 Å². The number of hydrogen-bond acceptors (Lipinski definition) is 3. The van der Waals surface area contributed by atoms with Crippen LogP contribution in [0.1, 0.15) is 0 Å². The van der Waals surface area contributed by atoms with Gasteiger partial charge in [0.1, 0.15) is 11.3 Å². The van der Waals surface area contributed by atoms with E-state index in [2.05, 4.69) is 9.97 Å². The van der Waals surface area contributed by atoms with Gasteiger partial charge in [0.05, 0.1) is 17.4 Å². The van der Waals surface area contributed by atoms with Gasteiger partial charge in [0.15, 0.2) is 0 Å². The van der Waals surface area contributed by atoms with Gasteiger partial charge in [0.2, 0.25) is 0 Å². The minimum atomic E-state index is 0.162. The summed E-state index contributed by atoms with van der Waals surface area (Å²) in [6.07, 6.45) is 1.68. The standard InChI is InChI=1S/C14H10N2O/c17-13-8-4-7-11-14(13)15-9-12(16-11)10-5-2-1-3-6-10/h1-9,17H. The lowest BCUT2D eigenvalue weighted by atomic mass is 10.1. The maximum absolute atomic E-state index is 9.63. The van der Waals surface area contributed by atoms with Crippen molar-refractivity contribution in [1.29, 1.82) is 0 Å². The van der Waals surface area contributed by atoms with Gasteiger partial charge >= 0.3 is 0 Å². The topological polar surface area (TPSA) is 46.0 Å². The third kappa shape index (κ3) is 1.72. The molecule has 0 radical (unpaired) electrons. The Labute approximate surface area is 98.4 Å². The Balaban J connectivity index is 2.21. The maximum Gasteiger partial charge on any atom is 0.143 e. The SMILES string of the molecule is Oc1cccc2nc(-c3ccccc3)cnc12. The molecule has 0 atom stereocenters. The summed E-state index contributed by atoms with van der Waals surface area (Å²) in [7, 11) is 0. The fourth-order valence-electron chi connectivity index (χ4n) is 1.77. The molecule has 82 valence electrons. The fourth-order valence-corrected chi connectivity index (χ4v) is 1.77. The highest BCUT2D eigenvalue weighted by atomic mass is 16.3. The Morgan fingerprint density at radius 3 is 2.53 bits per heavy atom. The summed E-state index contributed by atoms with van der Waals surface area (Å²) in [6, 6.07) is 15.1. The van der Waals surface area contributed by atoms with Gasteiger partial charge in [-0.15, -0.1) is 0 Å². The molecule has 3 aromatic rings. The second-order valence-electron chi connectivity index (χ2n) is 3.77. The smallest absolute Gasteiger partial charge is 0.143 e. The van der Waals surface area contributed by atoms with Gasteiger partial charge in [-0.2, -0.15) is 0 Å². The molecule has 0 aliphatic heterocycles. The van der Waals surface area contributed by atoms with Crippen molar-refractivity contribution in [2.45, 2.75) is 0 Å². The van der Waals surface area contributed by atoms with E-state index in [4.69, 9.17) is 0 Å². The summed E-state index contributed by atoms with van der Waals surface area (Å²) in [4.78, 5) is 8.73. The predicted molar refractivity (Wildman–Crippen MR) is 66.6 cm³/mol. The van der Waals surface area contributed by atoms with Crippen LogP contribution in [0.15, 0.2) is 54.7 Å². The first-order valence-electron chi connectivity index (χ1n) is 5.35. The number of phenolic OH excluding ortho intramolecular Hbond substituents is 1. The molecule has 0 aliphatic carbocycles. The largest absolute Gasteiger partial charge is 0.506 e. The summed E-state index contributed by atoms with van der Waals surface area (Å²) in [5.41, 5.74) is 3.06. The third-order valence-corrected chi connectivity index (χ3v) is 2.62. The molecule has 0 aliphatic rings. The number of phenols is 1. The summed E-state index contributed by atoms with van der Waals surface area (Å²) in [6.45, 7) is 0. The highest BCUT2D eigenvalue weighted by Gasteiger charge is 2.04. The van der Waals surface area contributed by atoms with E-state index < -0.39 is 0 Å². The molecular formula is C14H10N2O. The molecule has 0 saturated heterocycles. The Hall–Kier alpha value is -2.42. The Morgan fingerprint density at radius 2 is 1.71 bits per heavy atom. The number of benzene rings is 2. The van der Waals surface area contributed by atoms with Crippen LogP contribution in [0.3, 0.4) is 0 Å². The molecule has 1 heterocycles. The lowest BCUT2D eigenvalue weighted by molar-refractivity contribution is 0.480. The summed E-state index contributed by atoms with van der Waals surface area (Å²) < 4.78 is 0. The van der Waals surface area contributed by atoms with Crippen molar-refractivity contribution in [3.8, 4) is 17.0 Å². The number of nitrogens with zero attached hydrogens (tertiary/aromatic N) is 2. The first kappa shape index (κ1) is 9.78. The van der Waals surface area contributed by atoms with Crippen LogP contribution >= 0.6 is 0 Å². The number of hydrogen-bond donors (Lipinski definition) is 1. The van der Waals surface area contributed by atoms with Crippen LogP contribution in [-0.2, 0) is 0 Å². The average Bonchev–Trinajstić information content (AvgIpc) is 2.40. The number of para-hydroxylation sites is 1. The molecule has 0 spiro atoms. The van der Waals surface area contributed by atoms with Crippen molar-refractivity contribution in [1.82, 2.24) is 9.97 Å². The van der Waals surface area contributed by atoms with Gasteiger partial charge in [-0.3, -0.25) is 0 Å². The Morgan fingerprint density at radius 1 is 0.882 bits per heavy atom. The van der Waals surface area contributed by atoms with Gasteiger partial charge in [-0.1, -0.05) is 36.4 Å². The van der Waals surface area contributed by atoms with Crippen LogP contribution in [0, 0.1) is 0 Å². The van der Waals surface area contributed by atoms with Crippen LogP contribution in [-0.4, -0.2) is 15.1 Å². The normalized spacial score (nSPS) is 10.6. The molecule has 17 heavy (non-hydrogen) atoms. The number of fused-ring (bicyclic) bond motifs is 1. The van der Waals surface area contributed by atoms with Crippen LogP contribution in [0.5, 0.6) is 5.75 Å². The monoisotopic (exact) mass is 222 g/mol. The second kappa shape index (κ2) is 3.87. The van der Waals surface area contributed by atoms with Gasteiger partial charge in [-0.25, -0.2) is 9.97 Å². The van der Waals surface area contributed by atoms with Crippen molar-refractivity contribution in [3.63, 3.8) is 0 Å². The number of aromatic hydroxyl groups is 1. The molecule has 0 saturated carbocycles.